The molecule has 0 bridgehead atoms. The van der Waals surface area contributed by atoms with Gasteiger partial charge in [0.05, 0.1) is 17.9 Å². The van der Waals surface area contributed by atoms with E-state index in [2.05, 4.69) is 9.88 Å². The summed E-state index contributed by atoms with van der Waals surface area (Å²) in [4.78, 5) is 24.4. The summed E-state index contributed by atoms with van der Waals surface area (Å²) in [5.41, 5.74) is 6.61. The number of ether oxygens (including phenoxy) is 1. The van der Waals surface area contributed by atoms with Crippen molar-refractivity contribution in [2.24, 2.45) is 0 Å². The number of esters is 1. The molecule has 30 heavy (non-hydrogen) atoms. The molecule has 1 amide bonds. The number of benzene rings is 2. The van der Waals surface area contributed by atoms with Crippen LogP contribution in [0.3, 0.4) is 0 Å². The largest absolute Gasteiger partial charge is 0.462 e. The number of aryl methyl sites for hydroxylation is 1. The van der Waals surface area contributed by atoms with Crippen molar-refractivity contribution in [1.29, 1.82) is 0 Å². The van der Waals surface area contributed by atoms with Crippen molar-refractivity contribution in [3.8, 4) is 5.69 Å². The number of amides is 1. The van der Waals surface area contributed by atoms with E-state index in [9.17, 15) is 9.59 Å². The fraction of sp³-hybridized carbons (Fsp3) is 0.167. The van der Waals surface area contributed by atoms with Crippen LogP contribution in [-0.2, 0) is 9.53 Å². The zero-order valence-corrected chi connectivity index (χ0v) is 17.7. The molecule has 0 unspecified atom stereocenters. The number of halogens is 1. The second kappa shape index (κ2) is 7.84. The van der Waals surface area contributed by atoms with E-state index in [4.69, 9.17) is 16.3 Å². The van der Waals surface area contributed by atoms with Gasteiger partial charge in [0, 0.05) is 33.2 Å². The predicted molar refractivity (Wildman–Crippen MR) is 119 cm³/mol. The van der Waals surface area contributed by atoms with Gasteiger partial charge in [0.25, 0.3) is 5.91 Å². The van der Waals surface area contributed by atoms with Gasteiger partial charge in [-0.15, -0.1) is 0 Å². The molecule has 0 fully saturated rings. The van der Waals surface area contributed by atoms with Crippen molar-refractivity contribution in [2.75, 3.05) is 11.9 Å². The van der Waals surface area contributed by atoms with E-state index in [-0.39, 0.29) is 11.9 Å². The van der Waals surface area contributed by atoms with Crippen LogP contribution in [0.15, 0.2) is 48.5 Å². The molecule has 0 saturated heterocycles. The number of aromatic nitrogens is 1. The maximum absolute atomic E-state index is 12.5. The van der Waals surface area contributed by atoms with Crippen molar-refractivity contribution < 1.29 is 14.3 Å². The molecule has 1 aromatic heterocycles. The van der Waals surface area contributed by atoms with Crippen molar-refractivity contribution in [3.63, 3.8) is 0 Å². The van der Waals surface area contributed by atoms with E-state index < -0.39 is 0 Å². The third-order valence-electron chi connectivity index (χ3n) is 5.17. The number of nitrogens with zero attached hydrogens (tertiary/aromatic N) is 1. The number of carbonyl (C=O) groups excluding carboxylic acids is 2. The average Bonchev–Trinajstić information content (AvgIpc) is 3.17. The first-order valence-corrected chi connectivity index (χ1v) is 10.1. The summed E-state index contributed by atoms with van der Waals surface area (Å²) in [5, 5.41) is 3.45. The molecule has 152 valence electrons. The molecule has 0 radical (unpaired) electrons. The fourth-order valence-electron chi connectivity index (χ4n) is 3.76. The lowest BCUT2D eigenvalue weighted by Crippen LogP contribution is -2.05. The van der Waals surface area contributed by atoms with Gasteiger partial charge in [-0.1, -0.05) is 17.7 Å². The van der Waals surface area contributed by atoms with Gasteiger partial charge in [-0.3, -0.25) is 4.79 Å². The number of nitrogens with one attached hydrogen (secondary N) is 1. The predicted octanol–water partition coefficient (Wildman–Crippen LogP) is 5.42. The lowest BCUT2D eigenvalue weighted by atomic mass is 10.0. The van der Waals surface area contributed by atoms with Gasteiger partial charge in [0.15, 0.2) is 0 Å². The van der Waals surface area contributed by atoms with Crippen LogP contribution in [0.5, 0.6) is 0 Å². The third-order valence-corrected chi connectivity index (χ3v) is 5.41. The summed E-state index contributed by atoms with van der Waals surface area (Å²) in [6, 6.07) is 14.7. The summed E-state index contributed by atoms with van der Waals surface area (Å²) < 4.78 is 7.14. The Hall–Kier alpha value is -3.31. The molecule has 0 atom stereocenters. The number of fused-ring (bicyclic) bond motifs is 1. The minimum absolute atomic E-state index is 0.143. The molecule has 2 aromatic carbocycles. The molecule has 1 aliphatic rings. The Labute approximate surface area is 179 Å². The number of carbonyl (C=O) groups is 2. The van der Waals surface area contributed by atoms with Crippen LogP contribution in [0.4, 0.5) is 5.69 Å². The molecule has 1 N–H and O–H groups in total. The standard InChI is InChI=1S/C24H21ClN2O3/c1-4-30-24(29)16-5-8-19(9-6-16)27-14(2)11-17(15(27)3)12-21-20-10-7-18(25)13-22(20)26-23(21)28/h5-13H,4H2,1-3H3,(H,26,28)/b21-12+. The highest BCUT2D eigenvalue weighted by Crippen LogP contribution is 2.36. The summed E-state index contributed by atoms with van der Waals surface area (Å²) in [6.45, 7) is 6.15. The molecule has 6 heteroatoms. The van der Waals surface area contributed by atoms with E-state index >= 15 is 0 Å². The topological polar surface area (TPSA) is 60.3 Å². The van der Waals surface area contributed by atoms with Gasteiger partial charge >= 0.3 is 5.97 Å². The molecule has 1 aliphatic heterocycles. The quantitative estimate of drug-likeness (QED) is 0.453. The molecular weight excluding hydrogens is 400 g/mol. The normalized spacial score (nSPS) is 14.0. The zero-order valence-electron chi connectivity index (χ0n) is 17.0. The van der Waals surface area contributed by atoms with E-state index in [1.54, 1.807) is 31.2 Å². The van der Waals surface area contributed by atoms with Crippen molar-refractivity contribution in [3.05, 3.63) is 81.6 Å². The van der Waals surface area contributed by atoms with Gasteiger partial charge in [0.2, 0.25) is 0 Å². The SMILES string of the molecule is CCOC(=O)c1ccc(-n2c(C)cc(/C=C3/C(=O)Nc4cc(Cl)ccc43)c2C)cc1. The van der Waals surface area contributed by atoms with E-state index in [0.29, 0.717) is 22.8 Å². The van der Waals surface area contributed by atoms with Crippen LogP contribution in [0.2, 0.25) is 5.02 Å². The summed E-state index contributed by atoms with van der Waals surface area (Å²) in [7, 11) is 0. The Morgan fingerprint density at radius 3 is 2.57 bits per heavy atom. The number of hydrogen-bond donors (Lipinski definition) is 1. The van der Waals surface area contributed by atoms with Crippen LogP contribution in [-0.4, -0.2) is 23.1 Å². The second-order valence-electron chi connectivity index (χ2n) is 7.13. The number of hydrogen-bond acceptors (Lipinski definition) is 3. The van der Waals surface area contributed by atoms with E-state index in [1.807, 2.05) is 44.2 Å². The van der Waals surface area contributed by atoms with Crippen LogP contribution < -0.4 is 5.32 Å². The maximum atomic E-state index is 12.5. The Bertz CT molecular complexity index is 1190. The Morgan fingerprint density at radius 1 is 1.13 bits per heavy atom. The number of rotatable bonds is 4. The van der Waals surface area contributed by atoms with Crippen LogP contribution in [0, 0.1) is 13.8 Å². The molecular formula is C24H21ClN2O3. The van der Waals surface area contributed by atoms with Gasteiger partial charge in [0.1, 0.15) is 0 Å². The van der Waals surface area contributed by atoms with Crippen LogP contribution in [0.1, 0.15) is 39.8 Å². The highest BCUT2D eigenvalue weighted by atomic mass is 35.5. The molecule has 3 aromatic rings. The smallest absolute Gasteiger partial charge is 0.338 e. The van der Waals surface area contributed by atoms with Gasteiger partial charge in [-0.25, -0.2) is 4.79 Å². The molecule has 4 rings (SSSR count). The maximum Gasteiger partial charge on any atom is 0.338 e. The highest BCUT2D eigenvalue weighted by Gasteiger charge is 2.25. The first kappa shape index (κ1) is 20.0. The van der Waals surface area contributed by atoms with Gasteiger partial charge < -0.3 is 14.6 Å². The van der Waals surface area contributed by atoms with E-state index in [0.717, 1.165) is 33.9 Å². The fourth-order valence-corrected chi connectivity index (χ4v) is 3.93. The molecule has 0 saturated carbocycles. The van der Waals surface area contributed by atoms with Crippen molar-refractivity contribution >= 4 is 40.8 Å². The van der Waals surface area contributed by atoms with Gasteiger partial charge in [-0.2, -0.15) is 0 Å². The summed E-state index contributed by atoms with van der Waals surface area (Å²) >= 11 is 6.04. The molecule has 2 heterocycles. The Kier molecular flexibility index (Phi) is 5.22. The highest BCUT2D eigenvalue weighted by molar-refractivity contribution is 6.36. The van der Waals surface area contributed by atoms with Gasteiger partial charge in [-0.05, 0) is 74.9 Å². The van der Waals surface area contributed by atoms with Crippen LogP contribution >= 0.6 is 11.6 Å². The summed E-state index contributed by atoms with van der Waals surface area (Å²) in [6.07, 6.45) is 1.90. The van der Waals surface area contributed by atoms with E-state index in [1.165, 1.54) is 0 Å². The Balaban J connectivity index is 1.71. The van der Waals surface area contributed by atoms with Crippen molar-refractivity contribution in [1.82, 2.24) is 4.57 Å². The third kappa shape index (κ3) is 3.53. The monoisotopic (exact) mass is 420 g/mol. The summed E-state index contributed by atoms with van der Waals surface area (Å²) in [5.74, 6) is -0.475. The minimum Gasteiger partial charge on any atom is -0.462 e. The zero-order chi connectivity index (χ0) is 21.4. The first-order chi connectivity index (χ1) is 14.4. The average molecular weight is 421 g/mol. The lowest BCUT2D eigenvalue weighted by molar-refractivity contribution is -0.110. The lowest BCUT2D eigenvalue weighted by Gasteiger charge is -2.10. The minimum atomic E-state index is -0.332. The second-order valence-corrected chi connectivity index (χ2v) is 7.57. The van der Waals surface area contributed by atoms with Crippen molar-refractivity contribution in [2.45, 2.75) is 20.8 Å². The Morgan fingerprint density at radius 2 is 1.87 bits per heavy atom. The van der Waals surface area contributed by atoms with Crippen LogP contribution in [0.25, 0.3) is 17.3 Å². The number of anilines is 1. The molecule has 0 spiro atoms. The first-order valence-electron chi connectivity index (χ1n) is 9.68. The molecule has 5 nitrogen and oxygen atoms in total. The molecule has 0 aliphatic carbocycles.